The molecule has 0 saturated carbocycles. The summed E-state index contributed by atoms with van der Waals surface area (Å²) < 4.78 is 10.5. The molecule has 0 saturated heterocycles. The van der Waals surface area contributed by atoms with Crippen LogP contribution < -0.4 is 20.2 Å². The lowest BCUT2D eigenvalue weighted by Crippen LogP contribution is -2.24. The minimum atomic E-state index is 0.239. The number of nitrogens with zero attached hydrogens (tertiary/aromatic N) is 1. The SMILES string of the molecule is S=C(N/N=C/c1ccc2c(c1)OCO2)Nc1cccc(Cl)c1Cl. The zero-order chi connectivity index (χ0) is 16.2. The first kappa shape index (κ1) is 15.9. The van der Waals surface area contributed by atoms with E-state index in [0.29, 0.717) is 26.6 Å². The van der Waals surface area contributed by atoms with Gasteiger partial charge in [0.15, 0.2) is 16.6 Å². The highest BCUT2D eigenvalue weighted by Crippen LogP contribution is 2.32. The summed E-state index contributed by atoms with van der Waals surface area (Å²) >= 11 is 17.2. The summed E-state index contributed by atoms with van der Waals surface area (Å²) in [4.78, 5) is 0. The normalized spacial score (nSPS) is 12.4. The predicted octanol–water partition coefficient (Wildman–Crippen LogP) is 4.04. The quantitative estimate of drug-likeness (QED) is 0.487. The van der Waals surface area contributed by atoms with Crippen molar-refractivity contribution in [3.05, 3.63) is 52.0 Å². The zero-order valence-electron chi connectivity index (χ0n) is 11.7. The van der Waals surface area contributed by atoms with Crippen molar-refractivity contribution in [2.75, 3.05) is 12.1 Å². The highest BCUT2D eigenvalue weighted by Gasteiger charge is 2.12. The van der Waals surface area contributed by atoms with Gasteiger partial charge < -0.3 is 14.8 Å². The Hall–Kier alpha value is -2.02. The van der Waals surface area contributed by atoms with Gasteiger partial charge >= 0.3 is 0 Å². The van der Waals surface area contributed by atoms with Crippen LogP contribution in [0.2, 0.25) is 10.0 Å². The Kier molecular flexibility index (Phi) is 4.85. The second kappa shape index (κ2) is 7.04. The Morgan fingerprint density at radius 1 is 1.17 bits per heavy atom. The number of benzene rings is 2. The van der Waals surface area contributed by atoms with Gasteiger partial charge in [0.25, 0.3) is 0 Å². The summed E-state index contributed by atoms with van der Waals surface area (Å²) in [5.41, 5.74) is 4.17. The molecule has 0 amide bonds. The van der Waals surface area contributed by atoms with Gasteiger partial charge in [-0.25, -0.2) is 0 Å². The van der Waals surface area contributed by atoms with E-state index in [1.165, 1.54) is 0 Å². The number of ether oxygens (including phenoxy) is 2. The fourth-order valence-electron chi connectivity index (χ4n) is 1.91. The Balaban J connectivity index is 1.59. The maximum Gasteiger partial charge on any atom is 0.231 e. The van der Waals surface area contributed by atoms with Crippen LogP contribution in [0.3, 0.4) is 0 Å². The second-order valence-corrected chi connectivity index (χ2v) is 5.73. The second-order valence-electron chi connectivity index (χ2n) is 4.54. The average molecular weight is 368 g/mol. The van der Waals surface area contributed by atoms with Crippen LogP contribution in [0.4, 0.5) is 5.69 Å². The lowest BCUT2D eigenvalue weighted by molar-refractivity contribution is 0.174. The fraction of sp³-hybridized carbons (Fsp3) is 0.0667. The predicted molar refractivity (Wildman–Crippen MR) is 96.0 cm³/mol. The minimum Gasteiger partial charge on any atom is -0.454 e. The van der Waals surface area contributed by atoms with E-state index in [1.54, 1.807) is 24.4 Å². The maximum absolute atomic E-state index is 6.08. The van der Waals surface area contributed by atoms with Gasteiger partial charge in [0.05, 0.1) is 21.9 Å². The van der Waals surface area contributed by atoms with Crippen molar-refractivity contribution in [1.29, 1.82) is 0 Å². The van der Waals surface area contributed by atoms with Crippen LogP contribution in [0.15, 0.2) is 41.5 Å². The molecule has 1 aliphatic rings. The highest BCUT2D eigenvalue weighted by molar-refractivity contribution is 7.80. The highest BCUT2D eigenvalue weighted by atomic mass is 35.5. The van der Waals surface area contributed by atoms with Gasteiger partial charge in [0, 0.05) is 0 Å². The van der Waals surface area contributed by atoms with Crippen LogP contribution in [-0.4, -0.2) is 18.1 Å². The number of fused-ring (bicyclic) bond motifs is 1. The standard InChI is InChI=1S/C15H11Cl2N3O2S/c16-10-2-1-3-11(14(10)17)19-15(23)20-18-7-9-4-5-12-13(6-9)22-8-21-12/h1-7H,8H2,(H2,19,20,23)/b18-7+. The molecule has 118 valence electrons. The summed E-state index contributed by atoms with van der Waals surface area (Å²) in [5, 5.41) is 8.13. The molecule has 2 aromatic carbocycles. The molecular weight excluding hydrogens is 357 g/mol. The lowest BCUT2D eigenvalue weighted by atomic mass is 10.2. The Bertz CT molecular complexity index is 783. The van der Waals surface area contributed by atoms with E-state index in [-0.39, 0.29) is 6.79 Å². The molecule has 0 radical (unpaired) electrons. The topological polar surface area (TPSA) is 54.9 Å². The summed E-state index contributed by atoms with van der Waals surface area (Å²) in [6, 6.07) is 10.8. The molecule has 2 N–H and O–H groups in total. The fourth-order valence-corrected chi connectivity index (χ4v) is 2.42. The first-order valence-corrected chi connectivity index (χ1v) is 7.73. The van der Waals surface area contributed by atoms with E-state index in [9.17, 15) is 0 Å². The van der Waals surface area contributed by atoms with Crippen molar-refractivity contribution in [1.82, 2.24) is 5.43 Å². The Morgan fingerprint density at radius 3 is 2.87 bits per heavy atom. The number of halogens is 2. The van der Waals surface area contributed by atoms with Gasteiger partial charge in [0.1, 0.15) is 0 Å². The van der Waals surface area contributed by atoms with Crippen LogP contribution in [0, 0.1) is 0 Å². The van der Waals surface area contributed by atoms with Gasteiger partial charge in [-0.2, -0.15) is 5.10 Å². The van der Waals surface area contributed by atoms with Gasteiger partial charge in [-0.1, -0.05) is 29.3 Å². The molecule has 0 aromatic heterocycles. The van der Waals surface area contributed by atoms with Gasteiger partial charge in [0.2, 0.25) is 6.79 Å². The van der Waals surface area contributed by atoms with Gasteiger partial charge in [-0.15, -0.1) is 0 Å². The van der Waals surface area contributed by atoms with Crippen molar-refractivity contribution < 1.29 is 9.47 Å². The molecule has 0 atom stereocenters. The maximum atomic E-state index is 6.08. The molecule has 8 heteroatoms. The number of hydrogen-bond donors (Lipinski definition) is 2. The Morgan fingerprint density at radius 2 is 2.00 bits per heavy atom. The third-order valence-corrected chi connectivity index (χ3v) is 3.99. The van der Waals surface area contributed by atoms with Crippen molar-refractivity contribution in [2.45, 2.75) is 0 Å². The third kappa shape index (κ3) is 3.85. The molecule has 5 nitrogen and oxygen atoms in total. The van der Waals surface area contributed by atoms with E-state index >= 15 is 0 Å². The summed E-state index contributed by atoms with van der Waals surface area (Å²) in [7, 11) is 0. The lowest BCUT2D eigenvalue weighted by Gasteiger charge is -2.09. The van der Waals surface area contributed by atoms with E-state index in [0.717, 1.165) is 11.3 Å². The van der Waals surface area contributed by atoms with Crippen LogP contribution in [-0.2, 0) is 0 Å². The van der Waals surface area contributed by atoms with E-state index < -0.39 is 0 Å². The number of hydrogen-bond acceptors (Lipinski definition) is 4. The number of anilines is 1. The van der Waals surface area contributed by atoms with E-state index in [1.807, 2.05) is 18.2 Å². The van der Waals surface area contributed by atoms with Crippen molar-refractivity contribution in [3.8, 4) is 11.5 Å². The Labute approximate surface area is 148 Å². The smallest absolute Gasteiger partial charge is 0.231 e. The first-order chi connectivity index (χ1) is 11.1. The largest absolute Gasteiger partial charge is 0.454 e. The molecular formula is C15H11Cl2N3O2S. The molecule has 0 bridgehead atoms. The zero-order valence-corrected chi connectivity index (χ0v) is 14.0. The van der Waals surface area contributed by atoms with Crippen molar-refractivity contribution >= 4 is 52.4 Å². The first-order valence-electron chi connectivity index (χ1n) is 6.57. The molecule has 0 aliphatic carbocycles. The van der Waals surface area contributed by atoms with Crippen molar-refractivity contribution in [2.24, 2.45) is 5.10 Å². The van der Waals surface area contributed by atoms with Crippen LogP contribution in [0.1, 0.15) is 5.56 Å². The van der Waals surface area contributed by atoms with Crippen LogP contribution >= 0.6 is 35.4 Å². The molecule has 0 spiro atoms. The number of thiocarbonyl (C=S) groups is 1. The molecule has 0 unspecified atom stereocenters. The minimum absolute atomic E-state index is 0.239. The number of rotatable bonds is 3. The van der Waals surface area contributed by atoms with Gasteiger partial charge in [-0.3, -0.25) is 5.43 Å². The summed E-state index contributed by atoms with van der Waals surface area (Å²) in [5.74, 6) is 1.42. The molecule has 23 heavy (non-hydrogen) atoms. The molecule has 0 fully saturated rings. The monoisotopic (exact) mass is 367 g/mol. The van der Waals surface area contributed by atoms with Crippen LogP contribution in [0.25, 0.3) is 0 Å². The van der Waals surface area contributed by atoms with Crippen LogP contribution in [0.5, 0.6) is 11.5 Å². The molecule has 2 aromatic rings. The number of nitrogens with one attached hydrogen (secondary N) is 2. The van der Waals surface area contributed by atoms with Gasteiger partial charge in [-0.05, 0) is 48.1 Å². The van der Waals surface area contributed by atoms with E-state index in [2.05, 4.69) is 15.8 Å². The molecule has 1 heterocycles. The average Bonchev–Trinajstić information content (AvgIpc) is 2.99. The van der Waals surface area contributed by atoms with Crippen molar-refractivity contribution in [3.63, 3.8) is 0 Å². The molecule has 1 aliphatic heterocycles. The number of hydrazone groups is 1. The summed E-state index contributed by atoms with van der Waals surface area (Å²) in [6.45, 7) is 0.239. The summed E-state index contributed by atoms with van der Waals surface area (Å²) in [6.07, 6.45) is 1.62. The van der Waals surface area contributed by atoms with E-state index in [4.69, 9.17) is 44.9 Å². The molecule has 3 rings (SSSR count). The third-order valence-electron chi connectivity index (χ3n) is 2.98.